The lowest BCUT2D eigenvalue weighted by atomic mass is 9.96. The topological polar surface area (TPSA) is 53.1 Å². The average molecular weight is 251 g/mol. The van der Waals surface area contributed by atoms with E-state index in [1.165, 1.54) is 64.6 Å². The van der Waals surface area contributed by atoms with Crippen LogP contribution < -0.4 is 5.73 Å². The number of amidine groups is 1. The molecule has 1 saturated heterocycles. The third-order valence-corrected chi connectivity index (χ3v) is 4.72. The third kappa shape index (κ3) is 3.98. The standard InChI is InChI=1S/C15H29N3/c1-2-4-13-5-3-9-18(10-6-13)12-15(7-8-15)11-14(16)17/h13H,2-12H2,1H3,(H3,16,17). The average Bonchev–Trinajstić information content (AvgIpc) is 3.06. The molecule has 0 bridgehead atoms. The minimum Gasteiger partial charge on any atom is -0.388 e. The van der Waals surface area contributed by atoms with Crippen molar-refractivity contribution in [1.29, 1.82) is 5.41 Å². The van der Waals surface area contributed by atoms with Gasteiger partial charge in [-0.25, -0.2) is 0 Å². The summed E-state index contributed by atoms with van der Waals surface area (Å²) in [5.41, 5.74) is 5.97. The highest BCUT2D eigenvalue weighted by Crippen LogP contribution is 2.49. The second-order valence-electron chi connectivity index (χ2n) is 6.56. The molecule has 104 valence electrons. The number of rotatable bonds is 6. The van der Waals surface area contributed by atoms with Gasteiger partial charge < -0.3 is 10.6 Å². The first-order valence-electron chi connectivity index (χ1n) is 7.69. The molecule has 2 rings (SSSR count). The van der Waals surface area contributed by atoms with Crippen LogP contribution in [0.5, 0.6) is 0 Å². The second-order valence-corrected chi connectivity index (χ2v) is 6.56. The maximum absolute atomic E-state index is 7.50. The molecule has 0 radical (unpaired) electrons. The van der Waals surface area contributed by atoms with Crippen molar-refractivity contribution < 1.29 is 0 Å². The highest BCUT2D eigenvalue weighted by atomic mass is 15.1. The smallest absolute Gasteiger partial charge is 0.0911 e. The molecule has 18 heavy (non-hydrogen) atoms. The van der Waals surface area contributed by atoms with Crippen molar-refractivity contribution in [3.05, 3.63) is 0 Å². The molecule has 1 atom stereocenters. The van der Waals surface area contributed by atoms with E-state index in [4.69, 9.17) is 11.1 Å². The lowest BCUT2D eigenvalue weighted by Gasteiger charge is -2.26. The zero-order valence-electron chi connectivity index (χ0n) is 11.9. The summed E-state index contributed by atoms with van der Waals surface area (Å²) >= 11 is 0. The first-order chi connectivity index (χ1) is 8.63. The monoisotopic (exact) mass is 251 g/mol. The molecule has 1 heterocycles. The number of hydrogen-bond acceptors (Lipinski definition) is 2. The van der Waals surface area contributed by atoms with Crippen LogP contribution in [0.25, 0.3) is 0 Å². The Labute approximate surface area is 112 Å². The van der Waals surface area contributed by atoms with Crippen molar-refractivity contribution in [2.45, 2.75) is 58.3 Å². The molecule has 0 aromatic rings. The molecule has 3 nitrogen and oxygen atoms in total. The first kappa shape index (κ1) is 13.9. The van der Waals surface area contributed by atoms with Gasteiger partial charge in [0, 0.05) is 13.0 Å². The lowest BCUT2D eigenvalue weighted by molar-refractivity contribution is 0.226. The minimum atomic E-state index is 0.381. The Balaban J connectivity index is 1.78. The maximum Gasteiger partial charge on any atom is 0.0911 e. The Kier molecular flexibility index (Phi) is 4.66. The van der Waals surface area contributed by atoms with Gasteiger partial charge in [0.2, 0.25) is 0 Å². The molecule has 1 unspecified atom stereocenters. The Hall–Kier alpha value is -0.570. The van der Waals surface area contributed by atoms with Gasteiger partial charge in [-0.15, -0.1) is 0 Å². The van der Waals surface area contributed by atoms with Gasteiger partial charge in [-0.3, -0.25) is 5.41 Å². The van der Waals surface area contributed by atoms with Crippen molar-refractivity contribution in [1.82, 2.24) is 4.90 Å². The number of nitrogens with one attached hydrogen (secondary N) is 1. The molecule has 1 aliphatic heterocycles. The molecule has 0 aromatic heterocycles. The summed E-state index contributed by atoms with van der Waals surface area (Å²) < 4.78 is 0. The molecule has 1 aliphatic carbocycles. The van der Waals surface area contributed by atoms with Gasteiger partial charge in [-0.05, 0) is 56.5 Å². The molecule has 0 aromatic carbocycles. The van der Waals surface area contributed by atoms with Gasteiger partial charge in [0.25, 0.3) is 0 Å². The van der Waals surface area contributed by atoms with E-state index in [1.807, 2.05) is 0 Å². The fourth-order valence-electron chi connectivity index (χ4n) is 3.53. The summed E-state index contributed by atoms with van der Waals surface area (Å²) in [6, 6.07) is 0. The summed E-state index contributed by atoms with van der Waals surface area (Å²) in [4.78, 5) is 2.64. The Morgan fingerprint density at radius 3 is 2.72 bits per heavy atom. The van der Waals surface area contributed by atoms with Crippen LogP contribution in [0, 0.1) is 16.7 Å². The Morgan fingerprint density at radius 1 is 1.33 bits per heavy atom. The van der Waals surface area contributed by atoms with Crippen LogP contribution in [0.2, 0.25) is 0 Å². The highest BCUT2D eigenvalue weighted by molar-refractivity contribution is 5.78. The van der Waals surface area contributed by atoms with Gasteiger partial charge in [0.05, 0.1) is 5.84 Å². The van der Waals surface area contributed by atoms with Gasteiger partial charge in [0.1, 0.15) is 0 Å². The fraction of sp³-hybridized carbons (Fsp3) is 0.933. The van der Waals surface area contributed by atoms with Gasteiger partial charge >= 0.3 is 0 Å². The molecule has 0 amide bonds. The molecule has 2 aliphatic rings. The molecular weight excluding hydrogens is 222 g/mol. The predicted octanol–water partition coefficient (Wildman–Crippen LogP) is 2.99. The van der Waals surface area contributed by atoms with Crippen molar-refractivity contribution in [2.24, 2.45) is 17.1 Å². The summed E-state index contributed by atoms with van der Waals surface area (Å²) in [6.45, 7) is 6.02. The van der Waals surface area contributed by atoms with Crippen LogP contribution in [0.1, 0.15) is 58.3 Å². The normalized spacial score (nSPS) is 27.7. The summed E-state index contributed by atoms with van der Waals surface area (Å²) in [6.07, 6.45) is 10.3. The summed E-state index contributed by atoms with van der Waals surface area (Å²) in [5.74, 6) is 1.34. The van der Waals surface area contributed by atoms with Gasteiger partial charge in [-0.1, -0.05) is 19.8 Å². The highest BCUT2D eigenvalue weighted by Gasteiger charge is 2.44. The third-order valence-electron chi connectivity index (χ3n) is 4.72. The fourth-order valence-corrected chi connectivity index (χ4v) is 3.53. The van der Waals surface area contributed by atoms with E-state index in [0.717, 1.165) is 12.3 Å². The van der Waals surface area contributed by atoms with Crippen molar-refractivity contribution in [2.75, 3.05) is 19.6 Å². The zero-order chi connectivity index (χ0) is 13.0. The van der Waals surface area contributed by atoms with Crippen LogP contribution in [0.3, 0.4) is 0 Å². The molecule has 3 N–H and O–H groups in total. The maximum atomic E-state index is 7.50. The number of nitrogens with zero attached hydrogens (tertiary/aromatic N) is 1. The largest absolute Gasteiger partial charge is 0.388 e. The van der Waals surface area contributed by atoms with E-state index in [2.05, 4.69) is 11.8 Å². The van der Waals surface area contributed by atoms with Crippen LogP contribution in [0.15, 0.2) is 0 Å². The van der Waals surface area contributed by atoms with Crippen molar-refractivity contribution in [3.63, 3.8) is 0 Å². The van der Waals surface area contributed by atoms with E-state index in [9.17, 15) is 0 Å². The lowest BCUT2D eigenvalue weighted by Crippen LogP contribution is -2.33. The molecule has 1 saturated carbocycles. The molecule has 0 spiro atoms. The number of hydrogen-bond donors (Lipinski definition) is 2. The van der Waals surface area contributed by atoms with Crippen LogP contribution >= 0.6 is 0 Å². The summed E-state index contributed by atoms with van der Waals surface area (Å²) in [5, 5.41) is 7.50. The van der Waals surface area contributed by atoms with E-state index >= 15 is 0 Å². The number of nitrogens with two attached hydrogens (primary N) is 1. The zero-order valence-corrected chi connectivity index (χ0v) is 11.9. The van der Waals surface area contributed by atoms with E-state index in [0.29, 0.717) is 11.3 Å². The van der Waals surface area contributed by atoms with Crippen molar-refractivity contribution in [3.8, 4) is 0 Å². The number of likely N-dealkylation sites (tertiary alicyclic amines) is 1. The van der Waals surface area contributed by atoms with E-state index < -0.39 is 0 Å². The van der Waals surface area contributed by atoms with Crippen LogP contribution in [-0.2, 0) is 0 Å². The first-order valence-corrected chi connectivity index (χ1v) is 7.69. The molecule has 3 heteroatoms. The van der Waals surface area contributed by atoms with Crippen LogP contribution in [0.4, 0.5) is 0 Å². The van der Waals surface area contributed by atoms with E-state index in [1.54, 1.807) is 0 Å². The predicted molar refractivity (Wildman–Crippen MR) is 76.9 cm³/mol. The van der Waals surface area contributed by atoms with E-state index in [-0.39, 0.29) is 0 Å². The van der Waals surface area contributed by atoms with Crippen molar-refractivity contribution >= 4 is 5.84 Å². The quantitative estimate of drug-likeness (QED) is 0.563. The van der Waals surface area contributed by atoms with Crippen LogP contribution in [-0.4, -0.2) is 30.4 Å². The Morgan fingerprint density at radius 2 is 2.11 bits per heavy atom. The van der Waals surface area contributed by atoms with Gasteiger partial charge in [-0.2, -0.15) is 0 Å². The minimum absolute atomic E-state index is 0.381. The SMILES string of the molecule is CCCC1CCCN(CC2(CC(=N)N)CC2)CC1. The van der Waals surface area contributed by atoms with Gasteiger partial charge in [0.15, 0.2) is 0 Å². The molecule has 2 fully saturated rings. The summed E-state index contributed by atoms with van der Waals surface area (Å²) in [7, 11) is 0. The Bertz CT molecular complexity index is 283. The second kappa shape index (κ2) is 6.05. The molecular formula is C15H29N3.